The molecule has 1 aliphatic heterocycles. The van der Waals surface area contributed by atoms with Gasteiger partial charge in [0, 0.05) is 31.3 Å². The molecule has 1 atom stereocenters. The zero-order valence-electron chi connectivity index (χ0n) is 19.0. The highest BCUT2D eigenvalue weighted by molar-refractivity contribution is 5.93. The molecule has 6 heteroatoms. The highest BCUT2D eigenvalue weighted by Crippen LogP contribution is 2.27. The molecule has 2 heterocycles. The summed E-state index contributed by atoms with van der Waals surface area (Å²) in [6.45, 7) is 10.2. The summed E-state index contributed by atoms with van der Waals surface area (Å²) in [5, 5.41) is 7.03. The first kappa shape index (κ1) is 22.2. The molecule has 1 fully saturated rings. The maximum atomic E-state index is 12.8. The number of carbonyl (C=O) groups is 1. The van der Waals surface area contributed by atoms with Crippen LogP contribution in [0.2, 0.25) is 0 Å². The van der Waals surface area contributed by atoms with Gasteiger partial charge in [0.1, 0.15) is 0 Å². The van der Waals surface area contributed by atoms with E-state index in [1.165, 1.54) is 11.1 Å². The van der Waals surface area contributed by atoms with Crippen LogP contribution in [-0.4, -0.2) is 48.8 Å². The molecule has 0 bridgehead atoms. The predicted octanol–water partition coefficient (Wildman–Crippen LogP) is 4.44. The van der Waals surface area contributed by atoms with Crippen LogP contribution in [0.15, 0.2) is 65.2 Å². The van der Waals surface area contributed by atoms with Crippen LogP contribution in [0.5, 0.6) is 0 Å². The number of hydrogen-bond acceptors (Lipinski definition) is 5. The van der Waals surface area contributed by atoms with Gasteiger partial charge in [0.25, 0.3) is 5.91 Å². The van der Waals surface area contributed by atoms with Gasteiger partial charge in [-0.1, -0.05) is 80.5 Å². The summed E-state index contributed by atoms with van der Waals surface area (Å²) in [5.41, 5.74) is 3.76. The lowest BCUT2D eigenvalue weighted by atomic mass is 9.86. The number of nitrogens with one attached hydrogen (secondary N) is 1. The van der Waals surface area contributed by atoms with Gasteiger partial charge in [-0.05, 0) is 16.5 Å². The first-order chi connectivity index (χ1) is 15.4. The van der Waals surface area contributed by atoms with E-state index >= 15 is 0 Å². The van der Waals surface area contributed by atoms with Gasteiger partial charge in [-0.2, -0.15) is 0 Å². The van der Waals surface area contributed by atoms with Gasteiger partial charge in [0.15, 0.2) is 11.5 Å². The average molecular weight is 434 g/mol. The summed E-state index contributed by atoms with van der Waals surface area (Å²) in [6.07, 6.45) is 0. The summed E-state index contributed by atoms with van der Waals surface area (Å²) in [7, 11) is 0. The number of benzene rings is 2. The molecular formula is C26H31N3O3. The first-order valence-corrected chi connectivity index (χ1v) is 11.1. The molecule has 32 heavy (non-hydrogen) atoms. The molecule has 168 valence electrons. The number of aromatic nitrogens is 1. The molecule has 0 radical (unpaired) electrons. The van der Waals surface area contributed by atoms with Gasteiger partial charge >= 0.3 is 0 Å². The van der Waals surface area contributed by atoms with Gasteiger partial charge in [-0.3, -0.25) is 9.69 Å². The Morgan fingerprint density at radius 3 is 2.41 bits per heavy atom. The fourth-order valence-corrected chi connectivity index (χ4v) is 3.95. The van der Waals surface area contributed by atoms with Crippen molar-refractivity contribution < 1.29 is 14.1 Å². The second-order valence-electron chi connectivity index (χ2n) is 9.19. The molecule has 3 aromatic rings. The van der Waals surface area contributed by atoms with Crippen LogP contribution >= 0.6 is 0 Å². The maximum Gasteiger partial charge on any atom is 0.273 e. The molecule has 0 aliphatic carbocycles. The van der Waals surface area contributed by atoms with Gasteiger partial charge in [-0.25, -0.2) is 0 Å². The fraction of sp³-hybridized carbons (Fsp3) is 0.385. The number of amides is 1. The van der Waals surface area contributed by atoms with Gasteiger partial charge in [0.2, 0.25) is 0 Å². The van der Waals surface area contributed by atoms with Crippen molar-refractivity contribution >= 4 is 5.91 Å². The molecular weight excluding hydrogens is 402 g/mol. The minimum absolute atomic E-state index is 0.0670. The highest BCUT2D eigenvalue weighted by Gasteiger charge is 2.25. The second kappa shape index (κ2) is 9.67. The molecule has 1 saturated heterocycles. The van der Waals surface area contributed by atoms with Crippen LogP contribution in [-0.2, 0) is 10.2 Å². The minimum Gasteiger partial charge on any atom is -0.379 e. The number of rotatable bonds is 6. The molecule has 0 unspecified atom stereocenters. The van der Waals surface area contributed by atoms with Crippen molar-refractivity contribution in [1.82, 2.24) is 15.4 Å². The van der Waals surface area contributed by atoms with Crippen molar-refractivity contribution in [2.45, 2.75) is 32.2 Å². The van der Waals surface area contributed by atoms with Crippen LogP contribution < -0.4 is 5.32 Å². The van der Waals surface area contributed by atoms with Crippen LogP contribution in [0, 0.1) is 0 Å². The van der Waals surface area contributed by atoms with E-state index in [1.54, 1.807) is 6.07 Å². The van der Waals surface area contributed by atoms with Crippen molar-refractivity contribution in [2.24, 2.45) is 0 Å². The molecule has 1 amide bonds. The van der Waals surface area contributed by atoms with E-state index in [2.05, 4.69) is 60.4 Å². The summed E-state index contributed by atoms with van der Waals surface area (Å²) < 4.78 is 10.9. The molecule has 6 nitrogen and oxygen atoms in total. The zero-order valence-corrected chi connectivity index (χ0v) is 19.0. The Balaban J connectivity index is 1.48. The van der Waals surface area contributed by atoms with Crippen LogP contribution in [0.25, 0.3) is 11.3 Å². The van der Waals surface area contributed by atoms with E-state index in [1.807, 2.05) is 30.3 Å². The number of morpholine rings is 1. The lowest BCUT2D eigenvalue weighted by Gasteiger charge is -2.35. The Labute approximate surface area is 189 Å². The van der Waals surface area contributed by atoms with Crippen LogP contribution in [0.3, 0.4) is 0 Å². The summed E-state index contributed by atoms with van der Waals surface area (Å²) in [6, 6.07) is 20.1. The molecule has 2 aromatic carbocycles. The monoisotopic (exact) mass is 433 g/mol. The Kier molecular flexibility index (Phi) is 6.72. The van der Waals surface area contributed by atoms with Gasteiger partial charge in [-0.15, -0.1) is 0 Å². The molecule has 0 saturated carbocycles. The number of ether oxygens (including phenoxy) is 1. The second-order valence-corrected chi connectivity index (χ2v) is 9.19. The Hall–Kier alpha value is -2.96. The zero-order chi connectivity index (χ0) is 22.6. The van der Waals surface area contributed by atoms with E-state index in [-0.39, 0.29) is 23.1 Å². The molecule has 1 aliphatic rings. The van der Waals surface area contributed by atoms with Gasteiger partial charge in [0.05, 0.1) is 19.3 Å². The molecule has 1 aromatic heterocycles. The third-order valence-electron chi connectivity index (χ3n) is 5.90. The Morgan fingerprint density at radius 2 is 1.75 bits per heavy atom. The first-order valence-electron chi connectivity index (χ1n) is 11.1. The van der Waals surface area contributed by atoms with E-state index < -0.39 is 0 Å². The Morgan fingerprint density at radius 1 is 1.06 bits per heavy atom. The largest absolute Gasteiger partial charge is 0.379 e. The van der Waals surface area contributed by atoms with Crippen LogP contribution in [0.4, 0.5) is 0 Å². The van der Waals surface area contributed by atoms with E-state index in [9.17, 15) is 4.79 Å². The lowest BCUT2D eigenvalue weighted by Crippen LogP contribution is -2.43. The standard InChI is InChI=1S/C26H31N3O3/c1-26(2,3)21-11-9-19(10-12-21)23(29-13-15-31-16-14-29)18-27-25(30)22-17-24(32-28-22)20-7-5-4-6-8-20/h4-12,17,23H,13-16,18H2,1-3H3,(H,27,30)/t23-/m0/s1. The lowest BCUT2D eigenvalue weighted by molar-refractivity contribution is 0.0162. The fourth-order valence-electron chi connectivity index (χ4n) is 3.95. The van der Waals surface area contributed by atoms with Crippen molar-refractivity contribution in [3.05, 3.63) is 77.5 Å². The average Bonchev–Trinajstić information content (AvgIpc) is 3.31. The quantitative estimate of drug-likeness (QED) is 0.622. The molecule has 1 N–H and O–H groups in total. The van der Waals surface area contributed by atoms with Crippen molar-refractivity contribution in [2.75, 3.05) is 32.8 Å². The topological polar surface area (TPSA) is 67.6 Å². The third kappa shape index (κ3) is 5.26. The van der Waals surface area contributed by atoms with E-state index in [4.69, 9.17) is 9.26 Å². The summed E-state index contributed by atoms with van der Waals surface area (Å²) >= 11 is 0. The van der Waals surface area contributed by atoms with Crippen molar-refractivity contribution in [1.29, 1.82) is 0 Å². The van der Waals surface area contributed by atoms with E-state index in [0.717, 1.165) is 18.7 Å². The highest BCUT2D eigenvalue weighted by atomic mass is 16.5. The summed E-state index contributed by atoms with van der Waals surface area (Å²) in [4.78, 5) is 15.2. The SMILES string of the molecule is CC(C)(C)c1ccc([C@H](CNC(=O)c2cc(-c3ccccc3)on2)N2CCOCC2)cc1. The van der Waals surface area contributed by atoms with Crippen molar-refractivity contribution in [3.8, 4) is 11.3 Å². The van der Waals surface area contributed by atoms with E-state index in [0.29, 0.717) is 25.5 Å². The Bertz CT molecular complexity index is 1020. The summed E-state index contributed by atoms with van der Waals surface area (Å²) in [5.74, 6) is 0.346. The predicted molar refractivity (Wildman–Crippen MR) is 125 cm³/mol. The van der Waals surface area contributed by atoms with Gasteiger partial charge < -0.3 is 14.6 Å². The normalized spacial score (nSPS) is 16.0. The third-order valence-corrected chi connectivity index (χ3v) is 5.90. The maximum absolute atomic E-state index is 12.8. The number of carbonyl (C=O) groups excluding carboxylic acids is 1. The number of hydrogen-bond donors (Lipinski definition) is 1. The molecule has 4 rings (SSSR count). The number of nitrogens with zero attached hydrogens (tertiary/aromatic N) is 2. The van der Waals surface area contributed by atoms with Crippen molar-refractivity contribution in [3.63, 3.8) is 0 Å². The van der Waals surface area contributed by atoms with Crippen LogP contribution in [0.1, 0.15) is 48.4 Å². The smallest absolute Gasteiger partial charge is 0.273 e. The minimum atomic E-state index is -0.236. The molecule has 0 spiro atoms.